The molecule has 114 valence electrons. The third kappa shape index (κ3) is 3.18. The van der Waals surface area contributed by atoms with Crippen LogP contribution in [0.3, 0.4) is 0 Å². The van der Waals surface area contributed by atoms with Crippen molar-refractivity contribution in [2.75, 3.05) is 11.6 Å². The van der Waals surface area contributed by atoms with Gasteiger partial charge >= 0.3 is 0 Å². The second-order valence-corrected chi connectivity index (χ2v) is 7.44. The Morgan fingerprint density at radius 2 is 1.95 bits per heavy atom. The van der Waals surface area contributed by atoms with E-state index in [1.165, 1.54) is 11.3 Å². The van der Waals surface area contributed by atoms with Crippen LogP contribution in [0.25, 0.3) is 10.7 Å². The van der Waals surface area contributed by atoms with Gasteiger partial charge in [0.1, 0.15) is 0 Å². The molecule has 3 aromatic rings. The van der Waals surface area contributed by atoms with Crippen molar-refractivity contribution in [3.05, 3.63) is 53.4 Å². The van der Waals surface area contributed by atoms with Crippen LogP contribution in [0.5, 0.6) is 0 Å². The van der Waals surface area contributed by atoms with Gasteiger partial charge in [-0.15, -0.1) is 20.5 Å². The number of aromatic nitrogens is 3. The molecule has 0 fully saturated rings. The van der Waals surface area contributed by atoms with Crippen LogP contribution < -0.4 is 5.32 Å². The predicted octanol–water partition coefficient (Wildman–Crippen LogP) is 2.43. The molecule has 1 N–H and O–H groups in total. The zero-order valence-electron chi connectivity index (χ0n) is 11.8. The second kappa shape index (κ2) is 5.90. The molecule has 0 amide bonds. The molecule has 0 saturated carbocycles. The van der Waals surface area contributed by atoms with E-state index in [2.05, 4.69) is 15.4 Å². The summed E-state index contributed by atoms with van der Waals surface area (Å²) in [5.41, 5.74) is 1.03. The number of thiophene rings is 1. The van der Waals surface area contributed by atoms with Gasteiger partial charge in [-0.25, -0.2) is 8.42 Å². The summed E-state index contributed by atoms with van der Waals surface area (Å²) in [5, 5.41) is 9.03. The van der Waals surface area contributed by atoms with E-state index in [0.717, 1.165) is 20.8 Å². The molecule has 0 aliphatic heterocycles. The first-order chi connectivity index (χ1) is 10.5. The van der Waals surface area contributed by atoms with Crippen LogP contribution in [0.4, 0.5) is 5.95 Å². The molecule has 0 aliphatic carbocycles. The minimum Gasteiger partial charge on any atom is -0.349 e. The van der Waals surface area contributed by atoms with Crippen molar-refractivity contribution < 1.29 is 8.42 Å². The lowest BCUT2D eigenvalue weighted by atomic mass is 10.2. The molecular formula is C14H14N4O2S2. The maximum Gasteiger partial charge on any atom is 0.254 e. The summed E-state index contributed by atoms with van der Waals surface area (Å²) in [4.78, 5) is 5.13. The number of benzene rings is 1. The Labute approximate surface area is 132 Å². The van der Waals surface area contributed by atoms with Crippen molar-refractivity contribution in [1.29, 1.82) is 0 Å². The normalized spacial score (nSPS) is 11.5. The first-order valence-corrected chi connectivity index (χ1v) is 9.26. The third-order valence-electron chi connectivity index (χ3n) is 2.93. The Hall–Kier alpha value is -2.19. The average Bonchev–Trinajstić information content (AvgIpc) is 3.14. The molecule has 2 aromatic heterocycles. The van der Waals surface area contributed by atoms with E-state index in [1.807, 2.05) is 47.8 Å². The van der Waals surface area contributed by atoms with Crippen LogP contribution in [-0.2, 0) is 16.6 Å². The second-order valence-electron chi connectivity index (χ2n) is 4.68. The van der Waals surface area contributed by atoms with Crippen molar-refractivity contribution in [2.24, 2.45) is 0 Å². The van der Waals surface area contributed by atoms with Gasteiger partial charge < -0.3 is 5.32 Å². The number of anilines is 1. The van der Waals surface area contributed by atoms with Gasteiger partial charge in [0.15, 0.2) is 5.82 Å². The molecule has 1 aromatic carbocycles. The van der Waals surface area contributed by atoms with Crippen molar-refractivity contribution in [1.82, 2.24) is 14.2 Å². The first-order valence-electron chi connectivity index (χ1n) is 6.53. The number of hydrogen-bond acceptors (Lipinski definition) is 6. The van der Waals surface area contributed by atoms with Gasteiger partial charge in [0, 0.05) is 6.54 Å². The SMILES string of the molecule is CS(=O)(=O)n1nc(-c2cccs2)nc1NCc1ccccc1. The van der Waals surface area contributed by atoms with E-state index in [-0.39, 0.29) is 5.95 Å². The van der Waals surface area contributed by atoms with E-state index >= 15 is 0 Å². The van der Waals surface area contributed by atoms with Crippen LogP contribution in [-0.4, -0.2) is 28.8 Å². The first kappa shape index (κ1) is 14.7. The van der Waals surface area contributed by atoms with E-state index in [1.54, 1.807) is 0 Å². The molecule has 8 heteroatoms. The van der Waals surface area contributed by atoms with E-state index in [4.69, 9.17) is 0 Å². The molecule has 3 rings (SSSR count). The van der Waals surface area contributed by atoms with E-state index in [0.29, 0.717) is 12.4 Å². The molecule has 0 spiro atoms. The molecule has 0 aliphatic rings. The fraction of sp³-hybridized carbons (Fsp3) is 0.143. The fourth-order valence-corrected chi connectivity index (χ4v) is 3.22. The average molecular weight is 334 g/mol. The van der Waals surface area contributed by atoms with Gasteiger partial charge in [-0.1, -0.05) is 36.4 Å². The van der Waals surface area contributed by atoms with Gasteiger partial charge in [0.25, 0.3) is 10.0 Å². The summed E-state index contributed by atoms with van der Waals surface area (Å²) in [7, 11) is -3.52. The van der Waals surface area contributed by atoms with Gasteiger partial charge in [-0.2, -0.15) is 4.98 Å². The maximum absolute atomic E-state index is 11.9. The van der Waals surface area contributed by atoms with Crippen LogP contribution in [0.15, 0.2) is 47.8 Å². The molecule has 0 atom stereocenters. The topological polar surface area (TPSA) is 76.9 Å². The standard InChI is InChI=1S/C14H14N4O2S2/c1-22(19,20)18-14(15-10-11-6-3-2-4-7-11)16-13(17-18)12-8-5-9-21-12/h2-9H,10H2,1H3,(H,15,16,17). The highest BCUT2D eigenvalue weighted by atomic mass is 32.2. The number of nitrogens with one attached hydrogen (secondary N) is 1. The highest BCUT2D eigenvalue weighted by Gasteiger charge is 2.18. The quantitative estimate of drug-likeness (QED) is 0.775. The highest BCUT2D eigenvalue weighted by Crippen LogP contribution is 2.23. The van der Waals surface area contributed by atoms with Crippen LogP contribution in [0.1, 0.15) is 5.56 Å². The summed E-state index contributed by atoms with van der Waals surface area (Å²) in [6.45, 7) is 0.471. The van der Waals surface area contributed by atoms with E-state index < -0.39 is 10.0 Å². The Morgan fingerprint density at radius 3 is 2.59 bits per heavy atom. The lowest BCUT2D eigenvalue weighted by Crippen LogP contribution is -2.16. The van der Waals surface area contributed by atoms with Gasteiger partial charge in [-0.3, -0.25) is 0 Å². The number of hydrogen-bond donors (Lipinski definition) is 1. The minimum absolute atomic E-state index is 0.217. The molecule has 2 heterocycles. The minimum atomic E-state index is -3.52. The number of rotatable bonds is 5. The zero-order chi connectivity index (χ0) is 15.6. The Balaban J connectivity index is 1.92. The predicted molar refractivity (Wildman–Crippen MR) is 87.3 cm³/mol. The van der Waals surface area contributed by atoms with Crippen LogP contribution in [0.2, 0.25) is 0 Å². The van der Waals surface area contributed by atoms with E-state index in [9.17, 15) is 8.42 Å². The van der Waals surface area contributed by atoms with Crippen molar-refractivity contribution in [3.8, 4) is 10.7 Å². The number of nitrogens with zero attached hydrogens (tertiary/aromatic N) is 3. The van der Waals surface area contributed by atoms with Crippen LogP contribution in [0, 0.1) is 0 Å². The maximum atomic E-state index is 11.9. The highest BCUT2D eigenvalue weighted by molar-refractivity contribution is 7.89. The third-order valence-corrected chi connectivity index (χ3v) is 4.68. The summed E-state index contributed by atoms with van der Waals surface area (Å²) in [6.07, 6.45) is 1.10. The molecule has 0 bridgehead atoms. The summed E-state index contributed by atoms with van der Waals surface area (Å²) in [6, 6.07) is 13.4. The Kier molecular flexibility index (Phi) is 3.95. The Bertz CT molecular complexity index is 856. The van der Waals surface area contributed by atoms with Gasteiger partial charge in [-0.05, 0) is 17.0 Å². The van der Waals surface area contributed by atoms with Gasteiger partial charge in [0.2, 0.25) is 5.95 Å². The molecule has 0 unspecified atom stereocenters. The smallest absolute Gasteiger partial charge is 0.254 e. The summed E-state index contributed by atoms with van der Waals surface area (Å²) < 4.78 is 24.7. The lowest BCUT2D eigenvalue weighted by Gasteiger charge is -2.06. The Morgan fingerprint density at radius 1 is 1.18 bits per heavy atom. The summed E-state index contributed by atoms with van der Waals surface area (Å²) in [5.74, 6) is 0.616. The van der Waals surface area contributed by atoms with Crippen LogP contribution >= 0.6 is 11.3 Å². The van der Waals surface area contributed by atoms with Crippen molar-refractivity contribution in [2.45, 2.75) is 6.54 Å². The monoisotopic (exact) mass is 334 g/mol. The largest absolute Gasteiger partial charge is 0.349 e. The molecule has 0 radical (unpaired) electrons. The lowest BCUT2D eigenvalue weighted by molar-refractivity contribution is 0.587. The van der Waals surface area contributed by atoms with Crippen molar-refractivity contribution in [3.63, 3.8) is 0 Å². The fourth-order valence-electron chi connectivity index (χ4n) is 1.92. The van der Waals surface area contributed by atoms with Crippen molar-refractivity contribution >= 4 is 27.3 Å². The molecule has 22 heavy (non-hydrogen) atoms. The summed E-state index contributed by atoms with van der Waals surface area (Å²) >= 11 is 1.46. The molecule has 6 nitrogen and oxygen atoms in total. The molecular weight excluding hydrogens is 320 g/mol. The van der Waals surface area contributed by atoms with Gasteiger partial charge in [0.05, 0.1) is 11.1 Å². The molecule has 0 saturated heterocycles. The zero-order valence-corrected chi connectivity index (χ0v) is 13.4.